The Bertz CT molecular complexity index is 848. The fourth-order valence-corrected chi connectivity index (χ4v) is 2.37. The molecule has 0 spiro atoms. The number of benzene rings is 2. The third-order valence-corrected chi connectivity index (χ3v) is 3.74. The first-order valence-electron chi connectivity index (χ1n) is 7.40. The number of carbonyl (C=O) groups is 1. The molecule has 0 aliphatic carbocycles. The highest BCUT2D eigenvalue weighted by atomic mass is 16.5. The number of rotatable bonds is 3. The highest BCUT2D eigenvalue weighted by molar-refractivity contribution is 6.13. The van der Waals surface area contributed by atoms with Gasteiger partial charge in [0.1, 0.15) is 0 Å². The van der Waals surface area contributed by atoms with Gasteiger partial charge < -0.3 is 19.8 Å². The Labute approximate surface area is 139 Å². The summed E-state index contributed by atoms with van der Waals surface area (Å²) in [5, 5.41) is 19.2. The van der Waals surface area contributed by atoms with E-state index >= 15 is 0 Å². The molecule has 1 aliphatic rings. The Hall–Kier alpha value is -3.21. The maximum atomic E-state index is 12.2. The van der Waals surface area contributed by atoms with Gasteiger partial charge in [0, 0.05) is 19.8 Å². The number of allylic oxidation sites excluding steroid dienone is 3. The minimum Gasteiger partial charge on any atom is -0.504 e. The van der Waals surface area contributed by atoms with Crippen LogP contribution in [0.5, 0.6) is 17.2 Å². The Morgan fingerprint density at radius 2 is 1.75 bits per heavy atom. The number of hydrogen-bond acceptors (Lipinski definition) is 5. The highest BCUT2D eigenvalue weighted by Gasteiger charge is 2.30. The molecule has 5 heteroatoms. The molecule has 1 heterocycles. The van der Waals surface area contributed by atoms with Gasteiger partial charge in [0.15, 0.2) is 17.3 Å². The molecule has 0 unspecified atom stereocenters. The lowest BCUT2D eigenvalue weighted by molar-refractivity contribution is 0.101. The molecule has 2 aromatic rings. The summed E-state index contributed by atoms with van der Waals surface area (Å²) in [5.74, 6) is -0.971. The van der Waals surface area contributed by atoms with Crippen LogP contribution in [0.4, 0.5) is 5.69 Å². The van der Waals surface area contributed by atoms with Crippen molar-refractivity contribution in [3.63, 3.8) is 0 Å². The van der Waals surface area contributed by atoms with E-state index in [1.165, 1.54) is 12.1 Å². The van der Waals surface area contributed by atoms with Gasteiger partial charge in [-0.25, -0.2) is 0 Å². The van der Waals surface area contributed by atoms with Crippen LogP contribution in [0.1, 0.15) is 15.9 Å². The Kier molecular flexibility index (Phi) is 4.00. The van der Waals surface area contributed by atoms with Crippen molar-refractivity contribution in [2.75, 3.05) is 19.0 Å². The van der Waals surface area contributed by atoms with Gasteiger partial charge in [0.2, 0.25) is 11.5 Å². The number of aromatic hydroxyl groups is 2. The number of ether oxygens (including phenoxy) is 1. The monoisotopic (exact) mass is 323 g/mol. The number of phenols is 2. The quantitative estimate of drug-likeness (QED) is 0.670. The molecular formula is C19H17NO4. The highest BCUT2D eigenvalue weighted by Crippen LogP contribution is 2.43. The second kappa shape index (κ2) is 6.12. The molecule has 0 saturated carbocycles. The van der Waals surface area contributed by atoms with Gasteiger partial charge in [0.05, 0.1) is 5.56 Å². The SMILES string of the molecule is CN(C)c1ccc(/C=C/C=C2/Oc3c(ccc(O)c3O)C2=O)cc1. The van der Waals surface area contributed by atoms with Crippen molar-refractivity contribution in [1.82, 2.24) is 0 Å². The Balaban J connectivity index is 1.78. The summed E-state index contributed by atoms with van der Waals surface area (Å²) in [6.07, 6.45) is 5.10. The number of phenolic OH excluding ortho intramolecular Hbond substituents is 2. The van der Waals surface area contributed by atoms with Crippen molar-refractivity contribution in [3.05, 3.63) is 65.4 Å². The van der Waals surface area contributed by atoms with Gasteiger partial charge in [-0.05, 0) is 35.9 Å². The maximum Gasteiger partial charge on any atom is 0.232 e. The zero-order chi connectivity index (χ0) is 17.3. The van der Waals surface area contributed by atoms with E-state index in [4.69, 9.17) is 4.74 Å². The molecule has 2 aromatic carbocycles. The zero-order valence-corrected chi connectivity index (χ0v) is 13.4. The van der Waals surface area contributed by atoms with Crippen LogP contribution in [0.2, 0.25) is 0 Å². The van der Waals surface area contributed by atoms with Crippen LogP contribution < -0.4 is 9.64 Å². The first-order chi connectivity index (χ1) is 11.5. The molecule has 122 valence electrons. The number of carbonyl (C=O) groups excluding carboxylic acids is 1. The van der Waals surface area contributed by atoms with Crippen molar-refractivity contribution in [2.45, 2.75) is 0 Å². The summed E-state index contributed by atoms with van der Waals surface area (Å²) in [5.41, 5.74) is 2.33. The number of anilines is 1. The largest absolute Gasteiger partial charge is 0.504 e. The van der Waals surface area contributed by atoms with Crippen LogP contribution >= 0.6 is 0 Å². The van der Waals surface area contributed by atoms with E-state index in [2.05, 4.69) is 0 Å². The molecule has 0 aromatic heterocycles. The molecule has 1 aliphatic heterocycles. The van der Waals surface area contributed by atoms with E-state index in [0.29, 0.717) is 0 Å². The van der Waals surface area contributed by atoms with E-state index < -0.39 is 5.75 Å². The van der Waals surface area contributed by atoms with Gasteiger partial charge in [-0.3, -0.25) is 4.79 Å². The van der Waals surface area contributed by atoms with Crippen LogP contribution in [-0.2, 0) is 0 Å². The molecule has 2 N–H and O–H groups in total. The third kappa shape index (κ3) is 2.84. The van der Waals surface area contributed by atoms with Crippen molar-refractivity contribution >= 4 is 17.5 Å². The molecule has 5 nitrogen and oxygen atoms in total. The molecule has 24 heavy (non-hydrogen) atoms. The molecule has 0 fully saturated rings. The van der Waals surface area contributed by atoms with Crippen LogP contribution in [0.15, 0.2) is 54.3 Å². The second-order valence-electron chi connectivity index (χ2n) is 5.62. The summed E-state index contributed by atoms with van der Waals surface area (Å²) in [6.45, 7) is 0. The summed E-state index contributed by atoms with van der Waals surface area (Å²) < 4.78 is 5.36. The lowest BCUT2D eigenvalue weighted by atomic mass is 10.1. The maximum absolute atomic E-state index is 12.2. The molecular weight excluding hydrogens is 306 g/mol. The zero-order valence-electron chi connectivity index (χ0n) is 13.4. The van der Waals surface area contributed by atoms with Crippen LogP contribution in [0.25, 0.3) is 6.08 Å². The fraction of sp³-hybridized carbons (Fsp3) is 0.105. The summed E-state index contributed by atoms with van der Waals surface area (Å²) >= 11 is 0. The average Bonchev–Trinajstić information content (AvgIpc) is 2.89. The van der Waals surface area contributed by atoms with E-state index in [-0.39, 0.29) is 28.6 Å². The second-order valence-corrected chi connectivity index (χ2v) is 5.62. The normalized spacial score (nSPS) is 14.9. The first kappa shape index (κ1) is 15.7. The van der Waals surface area contributed by atoms with Gasteiger partial charge in [0.25, 0.3) is 0 Å². The van der Waals surface area contributed by atoms with Gasteiger partial charge in [-0.15, -0.1) is 0 Å². The molecule has 0 saturated heterocycles. The van der Waals surface area contributed by atoms with E-state index in [1.807, 2.05) is 49.3 Å². The smallest absolute Gasteiger partial charge is 0.232 e. The molecule has 0 atom stereocenters. The standard InChI is InChI=1S/C19H17NO4/c1-20(2)13-8-6-12(7-9-13)4-3-5-16-17(22)14-10-11-15(21)18(23)19(14)24-16/h3-11,21,23H,1-2H3/b4-3+,16-5+. The average molecular weight is 323 g/mol. The number of nitrogens with zero attached hydrogens (tertiary/aromatic N) is 1. The molecule has 3 rings (SSSR count). The summed E-state index contributed by atoms with van der Waals surface area (Å²) in [7, 11) is 3.95. The van der Waals surface area contributed by atoms with Gasteiger partial charge >= 0.3 is 0 Å². The predicted octanol–water partition coefficient (Wildman–Crippen LogP) is 3.34. The Morgan fingerprint density at radius 3 is 2.42 bits per heavy atom. The van der Waals surface area contributed by atoms with E-state index in [1.54, 1.807) is 12.2 Å². The van der Waals surface area contributed by atoms with Crippen LogP contribution in [0, 0.1) is 0 Å². The van der Waals surface area contributed by atoms with Crippen LogP contribution in [-0.4, -0.2) is 30.1 Å². The van der Waals surface area contributed by atoms with Crippen molar-refractivity contribution < 1.29 is 19.7 Å². The van der Waals surface area contributed by atoms with Crippen molar-refractivity contribution in [2.24, 2.45) is 0 Å². The molecule has 0 bridgehead atoms. The minimum absolute atomic E-state index is 0.00464. The van der Waals surface area contributed by atoms with Crippen LogP contribution in [0.3, 0.4) is 0 Å². The summed E-state index contributed by atoms with van der Waals surface area (Å²) in [6, 6.07) is 10.6. The third-order valence-electron chi connectivity index (χ3n) is 3.74. The van der Waals surface area contributed by atoms with E-state index in [9.17, 15) is 15.0 Å². The van der Waals surface area contributed by atoms with Gasteiger partial charge in [-0.2, -0.15) is 0 Å². The van der Waals surface area contributed by atoms with Gasteiger partial charge in [-0.1, -0.05) is 24.3 Å². The number of fused-ring (bicyclic) bond motifs is 1. The molecule has 0 radical (unpaired) electrons. The topological polar surface area (TPSA) is 70.0 Å². The lowest BCUT2D eigenvalue weighted by Gasteiger charge is -2.11. The fourth-order valence-electron chi connectivity index (χ4n) is 2.37. The van der Waals surface area contributed by atoms with E-state index in [0.717, 1.165) is 11.3 Å². The van der Waals surface area contributed by atoms with Crippen molar-refractivity contribution in [1.29, 1.82) is 0 Å². The number of ketones is 1. The Morgan fingerprint density at radius 1 is 1.04 bits per heavy atom. The number of hydrogen-bond donors (Lipinski definition) is 2. The lowest BCUT2D eigenvalue weighted by Crippen LogP contribution is -2.07. The minimum atomic E-state index is -0.424. The first-order valence-corrected chi connectivity index (χ1v) is 7.40. The molecule has 0 amide bonds. The summed E-state index contributed by atoms with van der Waals surface area (Å²) in [4.78, 5) is 14.2. The van der Waals surface area contributed by atoms with Crippen molar-refractivity contribution in [3.8, 4) is 17.2 Å². The predicted molar refractivity (Wildman–Crippen MR) is 92.6 cm³/mol. The number of Topliss-reactive ketones (excluding diaryl/α,β-unsaturated/α-hetero) is 1.